The van der Waals surface area contributed by atoms with Gasteiger partial charge in [-0.15, -0.1) is 10.2 Å². The number of piperidine rings is 1. The number of carbonyl (C=O) groups is 1. The molecule has 0 spiro atoms. The molecule has 2 heterocycles. The molecule has 0 saturated carbocycles. The van der Waals surface area contributed by atoms with Gasteiger partial charge < -0.3 is 9.88 Å². The van der Waals surface area contributed by atoms with Crippen LogP contribution in [0.4, 0.5) is 4.39 Å². The molecule has 6 nitrogen and oxygen atoms in total. The van der Waals surface area contributed by atoms with Crippen LogP contribution >= 0.6 is 0 Å². The summed E-state index contributed by atoms with van der Waals surface area (Å²) in [5.41, 5.74) is 1.03. The number of aromatic nitrogens is 3. The number of rotatable bonds is 6. The number of carbonyl (C=O) groups excluding carboxylic acids is 1. The maximum absolute atomic E-state index is 13.1. The molecule has 1 aliphatic heterocycles. The predicted molar refractivity (Wildman–Crippen MR) is 92.2 cm³/mol. The molecule has 1 atom stereocenters. The highest BCUT2D eigenvalue weighted by Gasteiger charge is 2.28. The minimum atomic E-state index is -0.235. The molecule has 0 bridgehead atoms. The minimum absolute atomic E-state index is 0.0625. The second kappa shape index (κ2) is 8.20. The largest absolute Gasteiger partial charge is 0.353 e. The summed E-state index contributed by atoms with van der Waals surface area (Å²) in [5.74, 6) is 0.665. The van der Waals surface area contributed by atoms with E-state index in [0.29, 0.717) is 19.6 Å². The topological polar surface area (TPSA) is 63.1 Å². The van der Waals surface area contributed by atoms with Crippen LogP contribution in [0.5, 0.6) is 0 Å². The normalized spacial score (nSPS) is 18.2. The van der Waals surface area contributed by atoms with Crippen LogP contribution in [-0.2, 0) is 17.9 Å². The van der Waals surface area contributed by atoms with Crippen LogP contribution in [0.1, 0.15) is 30.7 Å². The molecular formula is C18H24FN5O. The van der Waals surface area contributed by atoms with E-state index in [1.807, 2.05) is 11.5 Å². The molecule has 134 valence electrons. The Labute approximate surface area is 147 Å². The third-order valence-electron chi connectivity index (χ3n) is 4.68. The lowest BCUT2D eigenvalue weighted by Gasteiger charge is -2.34. The zero-order valence-corrected chi connectivity index (χ0v) is 14.5. The maximum Gasteiger partial charge on any atom is 0.237 e. The van der Waals surface area contributed by atoms with Gasteiger partial charge in [0.1, 0.15) is 18.0 Å². The van der Waals surface area contributed by atoms with E-state index >= 15 is 0 Å². The van der Waals surface area contributed by atoms with Gasteiger partial charge >= 0.3 is 0 Å². The first-order valence-corrected chi connectivity index (χ1v) is 8.74. The van der Waals surface area contributed by atoms with Gasteiger partial charge in [0.25, 0.3) is 0 Å². The Hall–Kier alpha value is -2.28. The first-order valence-electron chi connectivity index (χ1n) is 8.74. The van der Waals surface area contributed by atoms with E-state index in [-0.39, 0.29) is 17.8 Å². The summed E-state index contributed by atoms with van der Waals surface area (Å²) in [6.45, 7) is 4.66. The molecule has 2 aromatic rings. The van der Waals surface area contributed by atoms with Gasteiger partial charge in [-0.1, -0.05) is 18.6 Å². The number of hydrogen-bond acceptors (Lipinski definition) is 4. The summed E-state index contributed by atoms with van der Waals surface area (Å²) in [6, 6.07) is 6.38. The predicted octanol–water partition coefficient (Wildman–Crippen LogP) is 1.90. The van der Waals surface area contributed by atoms with Gasteiger partial charge in [-0.05, 0) is 44.0 Å². The van der Waals surface area contributed by atoms with E-state index in [9.17, 15) is 9.18 Å². The molecule has 1 aliphatic rings. The number of halogens is 1. The molecule has 1 fully saturated rings. The lowest BCUT2D eigenvalue weighted by molar-refractivity contribution is -0.127. The SMILES string of the molecule is Cc1nncn1CCNC(=O)C1CCCCN1Cc1ccc(F)cc1. The van der Waals surface area contributed by atoms with Crippen molar-refractivity contribution >= 4 is 5.91 Å². The summed E-state index contributed by atoms with van der Waals surface area (Å²) in [7, 11) is 0. The van der Waals surface area contributed by atoms with E-state index < -0.39 is 0 Å². The van der Waals surface area contributed by atoms with Crippen molar-refractivity contribution < 1.29 is 9.18 Å². The first kappa shape index (κ1) is 17.5. The lowest BCUT2D eigenvalue weighted by Crippen LogP contribution is -2.49. The molecule has 1 N–H and O–H groups in total. The molecule has 0 aliphatic carbocycles. The van der Waals surface area contributed by atoms with Crippen LogP contribution in [0.2, 0.25) is 0 Å². The number of nitrogens with zero attached hydrogens (tertiary/aromatic N) is 4. The van der Waals surface area contributed by atoms with Crippen molar-refractivity contribution in [3.8, 4) is 0 Å². The third kappa shape index (κ3) is 4.63. The highest BCUT2D eigenvalue weighted by Crippen LogP contribution is 2.20. The standard InChI is InChI=1S/C18H24FN5O/c1-14-22-21-13-24(14)11-9-20-18(25)17-4-2-3-10-23(17)12-15-5-7-16(19)8-6-15/h5-8,13,17H,2-4,9-12H2,1H3,(H,20,25). The van der Waals surface area contributed by atoms with Crippen LogP contribution in [0.15, 0.2) is 30.6 Å². The molecule has 25 heavy (non-hydrogen) atoms. The van der Waals surface area contributed by atoms with Gasteiger partial charge in [0.15, 0.2) is 0 Å². The van der Waals surface area contributed by atoms with Gasteiger partial charge in [0.2, 0.25) is 5.91 Å². The molecule has 3 rings (SSSR count). The van der Waals surface area contributed by atoms with E-state index in [0.717, 1.165) is 37.2 Å². The van der Waals surface area contributed by atoms with Crippen molar-refractivity contribution in [2.75, 3.05) is 13.1 Å². The fourth-order valence-electron chi connectivity index (χ4n) is 3.25. The first-order chi connectivity index (χ1) is 12.1. The van der Waals surface area contributed by atoms with Crippen LogP contribution in [0.3, 0.4) is 0 Å². The summed E-state index contributed by atoms with van der Waals surface area (Å²) in [6.07, 6.45) is 4.68. The van der Waals surface area contributed by atoms with Crippen molar-refractivity contribution in [1.82, 2.24) is 25.0 Å². The Morgan fingerprint density at radius 1 is 1.32 bits per heavy atom. The fraction of sp³-hybridized carbons (Fsp3) is 0.500. The molecule has 0 radical (unpaired) electrons. The molecule has 1 aromatic heterocycles. The highest BCUT2D eigenvalue weighted by atomic mass is 19.1. The zero-order chi connectivity index (χ0) is 17.6. The van der Waals surface area contributed by atoms with Crippen molar-refractivity contribution in [3.05, 3.63) is 47.8 Å². The molecule has 1 aromatic carbocycles. The number of aryl methyl sites for hydroxylation is 1. The summed E-state index contributed by atoms with van der Waals surface area (Å²) in [4.78, 5) is 14.8. The van der Waals surface area contributed by atoms with Gasteiger partial charge in [-0.25, -0.2) is 4.39 Å². The Morgan fingerprint density at radius 3 is 2.84 bits per heavy atom. The third-order valence-corrected chi connectivity index (χ3v) is 4.68. The molecule has 7 heteroatoms. The van der Waals surface area contributed by atoms with Crippen LogP contribution in [-0.4, -0.2) is 44.7 Å². The van der Waals surface area contributed by atoms with E-state index in [2.05, 4.69) is 20.4 Å². The van der Waals surface area contributed by atoms with Crippen molar-refractivity contribution in [2.45, 2.75) is 45.3 Å². The monoisotopic (exact) mass is 345 g/mol. The van der Waals surface area contributed by atoms with Gasteiger partial charge in [0, 0.05) is 19.6 Å². The van der Waals surface area contributed by atoms with Crippen molar-refractivity contribution in [1.29, 1.82) is 0 Å². The van der Waals surface area contributed by atoms with E-state index in [1.54, 1.807) is 18.5 Å². The second-order valence-corrected chi connectivity index (χ2v) is 6.47. The van der Waals surface area contributed by atoms with E-state index in [4.69, 9.17) is 0 Å². The van der Waals surface area contributed by atoms with Gasteiger partial charge in [-0.3, -0.25) is 9.69 Å². The molecule has 1 saturated heterocycles. The van der Waals surface area contributed by atoms with Gasteiger partial charge in [0.05, 0.1) is 6.04 Å². The van der Waals surface area contributed by atoms with Crippen LogP contribution in [0, 0.1) is 12.7 Å². The molecule has 1 unspecified atom stereocenters. The summed E-state index contributed by atoms with van der Waals surface area (Å²) >= 11 is 0. The Bertz CT molecular complexity index is 700. The number of likely N-dealkylation sites (tertiary alicyclic amines) is 1. The zero-order valence-electron chi connectivity index (χ0n) is 14.5. The Kier molecular flexibility index (Phi) is 5.75. The lowest BCUT2D eigenvalue weighted by atomic mass is 10.0. The molecular weight excluding hydrogens is 321 g/mol. The highest BCUT2D eigenvalue weighted by molar-refractivity contribution is 5.81. The Balaban J connectivity index is 1.55. The Morgan fingerprint density at radius 2 is 2.12 bits per heavy atom. The summed E-state index contributed by atoms with van der Waals surface area (Å²) < 4.78 is 15.0. The summed E-state index contributed by atoms with van der Waals surface area (Å²) in [5, 5.41) is 10.8. The van der Waals surface area contributed by atoms with Crippen LogP contribution < -0.4 is 5.32 Å². The quantitative estimate of drug-likeness (QED) is 0.868. The van der Waals surface area contributed by atoms with Crippen molar-refractivity contribution in [3.63, 3.8) is 0 Å². The number of hydrogen-bond donors (Lipinski definition) is 1. The number of nitrogens with one attached hydrogen (secondary N) is 1. The van der Waals surface area contributed by atoms with Crippen molar-refractivity contribution in [2.24, 2.45) is 0 Å². The number of amides is 1. The average molecular weight is 345 g/mol. The number of benzene rings is 1. The average Bonchev–Trinajstić information content (AvgIpc) is 3.02. The maximum atomic E-state index is 13.1. The smallest absolute Gasteiger partial charge is 0.237 e. The van der Waals surface area contributed by atoms with Gasteiger partial charge in [-0.2, -0.15) is 0 Å². The second-order valence-electron chi connectivity index (χ2n) is 6.47. The molecule has 1 amide bonds. The van der Waals surface area contributed by atoms with E-state index in [1.165, 1.54) is 12.1 Å². The van der Waals surface area contributed by atoms with Crippen LogP contribution in [0.25, 0.3) is 0 Å². The minimum Gasteiger partial charge on any atom is -0.353 e. The fourth-order valence-corrected chi connectivity index (χ4v) is 3.25.